The van der Waals surface area contributed by atoms with Crippen LogP contribution in [0.3, 0.4) is 0 Å². The molecule has 33 heavy (non-hydrogen) atoms. The fraction of sp³-hybridized carbons (Fsp3) is 0.320. The van der Waals surface area contributed by atoms with Gasteiger partial charge in [-0.3, -0.25) is 9.59 Å². The third-order valence-electron chi connectivity index (χ3n) is 5.86. The number of para-hydroxylation sites is 2. The van der Waals surface area contributed by atoms with Crippen LogP contribution in [-0.2, 0) is 20.7 Å². The van der Waals surface area contributed by atoms with E-state index in [-0.39, 0.29) is 24.8 Å². The van der Waals surface area contributed by atoms with Gasteiger partial charge in [0, 0.05) is 24.0 Å². The van der Waals surface area contributed by atoms with Gasteiger partial charge in [-0.2, -0.15) is 0 Å². The first-order chi connectivity index (χ1) is 16.1. The number of aromatic nitrogens is 1. The van der Waals surface area contributed by atoms with Gasteiger partial charge >= 0.3 is 0 Å². The number of thiazole rings is 1. The van der Waals surface area contributed by atoms with Crippen LogP contribution >= 0.6 is 11.3 Å². The number of amides is 2. The van der Waals surface area contributed by atoms with Crippen molar-refractivity contribution >= 4 is 28.8 Å². The number of carbonyl (C=O) groups is 2. The molecule has 1 atom stereocenters. The zero-order chi connectivity index (χ0) is 22.8. The summed E-state index contributed by atoms with van der Waals surface area (Å²) >= 11 is 1.53. The molecule has 0 bridgehead atoms. The van der Waals surface area contributed by atoms with E-state index in [0.29, 0.717) is 37.7 Å². The van der Waals surface area contributed by atoms with Crippen molar-refractivity contribution in [1.29, 1.82) is 0 Å². The van der Waals surface area contributed by atoms with Gasteiger partial charge in [0.1, 0.15) is 10.8 Å². The molecule has 2 aromatic carbocycles. The number of morpholine rings is 1. The molecule has 8 heteroatoms. The minimum atomic E-state index is -0.736. The monoisotopic (exact) mass is 463 g/mol. The molecule has 0 spiro atoms. The fourth-order valence-electron chi connectivity index (χ4n) is 4.05. The molecule has 5 rings (SSSR count). The standard InChI is InChI=1S/C25H25N3O4S/c1-17-6-8-18(9-7-17)24-26-19(16-33-24)14-23(29)28-15-22(25(30)27-10-12-31-13-11-27)32-21-5-3-2-4-20(21)28/h2-9,16,22H,10-15H2,1H3/t22-/m0/s1. The van der Waals surface area contributed by atoms with Crippen LogP contribution in [0.2, 0.25) is 0 Å². The highest BCUT2D eigenvalue weighted by Gasteiger charge is 2.36. The van der Waals surface area contributed by atoms with Gasteiger partial charge in [0.15, 0.2) is 6.10 Å². The Labute approximate surface area is 196 Å². The van der Waals surface area contributed by atoms with Gasteiger partial charge in [-0.05, 0) is 19.1 Å². The lowest BCUT2D eigenvalue weighted by Gasteiger charge is -2.37. The lowest BCUT2D eigenvalue weighted by molar-refractivity contribution is -0.142. The van der Waals surface area contributed by atoms with E-state index in [1.165, 1.54) is 16.9 Å². The van der Waals surface area contributed by atoms with Crippen molar-refractivity contribution in [2.45, 2.75) is 19.4 Å². The van der Waals surface area contributed by atoms with Crippen LogP contribution < -0.4 is 9.64 Å². The van der Waals surface area contributed by atoms with Crippen LogP contribution in [0.1, 0.15) is 11.3 Å². The number of hydrogen-bond donors (Lipinski definition) is 0. The van der Waals surface area contributed by atoms with E-state index in [1.54, 1.807) is 15.9 Å². The first-order valence-corrected chi connectivity index (χ1v) is 11.9. The van der Waals surface area contributed by atoms with Gasteiger partial charge in [-0.15, -0.1) is 11.3 Å². The number of rotatable bonds is 4. The van der Waals surface area contributed by atoms with E-state index in [1.807, 2.05) is 42.6 Å². The molecule has 2 aliphatic heterocycles. The van der Waals surface area contributed by atoms with Gasteiger partial charge < -0.3 is 19.3 Å². The van der Waals surface area contributed by atoms with Crippen molar-refractivity contribution in [3.63, 3.8) is 0 Å². The molecule has 3 aromatic rings. The predicted molar refractivity (Wildman–Crippen MR) is 127 cm³/mol. The maximum Gasteiger partial charge on any atom is 0.265 e. The number of benzene rings is 2. The summed E-state index contributed by atoms with van der Waals surface area (Å²) in [6, 6.07) is 15.5. The molecule has 2 aliphatic rings. The SMILES string of the molecule is Cc1ccc(-c2nc(CC(=O)N3C[C@@H](C(=O)N4CCOCC4)Oc4ccccc43)cs2)cc1. The second-order valence-corrected chi connectivity index (χ2v) is 9.06. The highest BCUT2D eigenvalue weighted by atomic mass is 32.1. The predicted octanol–water partition coefficient (Wildman–Crippen LogP) is 3.31. The Morgan fingerprint density at radius 2 is 1.85 bits per heavy atom. The quantitative estimate of drug-likeness (QED) is 0.594. The average molecular weight is 464 g/mol. The van der Waals surface area contributed by atoms with Gasteiger partial charge in [-0.25, -0.2) is 4.98 Å². The fourth-order valence-corrected chi connectivity index (χ4v) is 4.88. The van der Waals surface area contributed by atoms with Gasteiger partial charge in [-0.1, -0.05) is 42.0 Å². The van der Waals surface area contributed by atoms with Crippen LogP contribution in [0.4, 0.5) is 5.69 Å². The molecule has 0 saturated carbocycles. The summed E-state index contributed by atoms with van der Waals surface area (Å²) in [5.41, 5.74) is 3.64. The number of aryl methyl sites for hydroxylation is 1. The van der Waals surface area contributed by atoms with Crippen molar-refractivity contribution in [1.82, 2.24) is 9.88 Å². The molecular formula is C25H25N3O4S. The number of hydrogen-bond acceptors (Lipinski definition) is 6. The number of fused-ring (bicyclic) bond motifs is 1. The Balaban J connectivity index is 1.34. The summed E-state index contributed by atoms with van der Waals surface area (Å²) in [6.07, 6.45) is -0.574. The largest absolute Gasteiger partial charge is 0.476 e. The number of anilines is 1. The first kappa shape index (κ1) is 21.6. The van der Waals surface area contributed by atoms with Crippen molar-refractivity contribution in [2.75, 3.05) is 37.7 Å². The molecular weight excluding hydrogens is 438 g/mol. The van der Waals surface area contributed by atoms with Crippen molar-refractivity contribution in [2.24, 2.45) is 0 Å². The first-order valence-electron chi connectivity index (χ1n) is 11.0. The zero-order valence-corrected chi connectivity index (χ0v) is 19.2. The topological polar surface area (TPSA) is 72.0 Å². The molecule has 3 heterocycles. The normalized spacial score (nSPS) is 17.9. The smallest absolute Gasteiger partial charge is 0.265 e. The van der Waals surface area contributed by atoms with E-state index in [0.717, 1.165) is 16.3 Å². The average Bonchev–Trinajstić information content (AvgIpc) is 3.32. The van der Waals surface area contributed by atoms with Gasteiger partial charge in [0.05, 0.1) is 37.6 Å². The van der Waals surface area contributed by atoms with Crippen LogP contribution in [-0.4, -0.2) is 60.7 Å². The molecule has 0 unspecified atom stereocenters. The Kier molecular flexibility index (Phi) is 6.11. The van der Waals surface area contributed by atoms with Crippen molar-refractivity contribution in [3.05, 3.63) is 65.2 Å². The molecule has 1 aromatic heterocycles. The van der Waals surface area contributed by atoms with Crippen molar-refractivity contribution in [3.8, 4) is 16.3 Å². The molecule has 2 amide bonds. The molecule has 0 N–H and O–H groups in total. The maximum atomic E-state index is 13.4. The van der Waals surface area contributed by atoms with Crippen LogP contribution in [0.5, 0.6) is 5.75 Å². The van der Waals surface area contributed by atoms with Gasteiger partial charge in [0.25, 0.3) is 5.91 Å². The molecule has 1 saturated heterocycles. The molecule has 0 radical (unpaired) electrons. The minimum Gasteiger partial charge on any atom is -0.476 e. The molecule has 0 aliphatic carbocycles. The highest BCUT2D eigenvalue weighted by molar-refractivity contribution is 7.13. The summed E-state index contributed by atoms with van der Waals surface area (Å²) < 4.78 is 11.4. The second-order valence-electron chi connectivity index (χ2n) is 8.20. The Morgan fingerprint density at radius 3 is 2.64 bits per heavy atom. The lowest BCUT2D eigenvalue weighted by Crippen LogP contribution is -2.54. The highest BCUT2D eigenvalue weighted by Crippen LogP contribution is 2.34. The van der Waals surface area contributed by atoms with Crippen LogP contribution in [0, 0.1) is 6.92 Å². The van der Waals surface area contributed by atoms with E-state index in [4.69, 9.17) is 9.47 Å². The summed E-state index contributed by atoms with van der Waals surface area (Å²) in [4.78, 5) is 34.5. The molecule has 1 fully saturated rings. The minimum absolute atomic E-state index is 0.105. The van der Waals surface area contributed by atoms with E-state index in [9.17, 15) is 9.59 Å². The number of ether oxygens (including phenoxy) is 2. The van der Waals surface area contributed by atoms with Crippen LogP contribution in [0.25, 0.3) is 10.6 Å². The van der Waals surface area contributed by atoms with Crippen LogP contribution in [0.15, 0.2) is 53.9 Å². The second kappa shape index (κ2) is 9.33. The van der Waals surface area contributed by atoms with E-state index < -0.39 is 6.10 Å². The number of nitrogens with zero attached hydrogens (tertiary/aromatic N) is 3. The molecule has 170 valence electrons. The summed E-state index contributed by atoms with van der Waals surface area (Å²) in [5, 5.41) is 2.82. The Morgan fingerprint density at radius 1 is 1.09 bits per heavy atom. The Bertz CT molecular complexity index is 1150. The summed E-state index contributed by atoms with van der Waals surface area (Å²) in [7, 11) is 0. The zero-order valence-electron chi connectivity index (χ0n) is 18.4. The number of carbonyl (C=O) groups excluding carboxylic acids is 2. The third-order valence-corrected chi connectivity index (χ3v) is 6.80. The molecule has 7 nitrogen and oxygen atoms in total. The maximum absolute atomic E-state index is 13.4. The van der Waals surface area contributed by atoms with Gasteiger partial charge in [0.2, 0.25) is 5.91 Å². The van der Waals surface area contributed by atoms with E-state index >= 15 is 0 Å². The Hall–Kier alpha value is -3.23. The lowest BCUT2D eigenvalue weighted by atomic mass is 10.1. The summed E-state index contributed by atoms with van der Waals surface area (Å²) in [5.74, 6) is 0.328. The summed E-state index contributed by atoms with van der Waals surface area (Å²) in [6.45, 7) is 4.34. The van der Waals surface area contributed by atoms with Crippen molar-refractivity contribution < 1.29 is 19.1 Å². The van der Waals surface area contributed by atoms with E-state index in [2.05, 4.69) is 17.1 Å². The third kappa shape index (κ3) is 4.62.